The van der Waals surface area contributed by atoms with Gasteiger partial charge in [0.25, 0.3) is 0 Å². The van der Waals surface area contributed by atoms with Crippen molar-refractivity contribution in [3.63, 3.8) is 0 Å². The Morgan fingerprint density at radius 1 is 0.815 bits per heavy atom. The molecular weight excluding hydrogens is 414 g/mol. The molecule has 0 bridgehead atoms. The summed E-state index contributed by atoms with van der Waals surface area (Å²) in [5, 5.41) is 2.51. The molecule has 0 spiro atoms. The molecular formula is C24H22OPSe+. The second kappa shape index (κ2) is 7.58. The molecule has 1 atom stereocenters. The van der Waals surface area contributed by atoms with Crippen molar-refractivity contribution < 1.29 is 4.52 Å². The van der Waals surface area contributed by atoms with E-state index in [1.807, 2.05) is 6.08 Å². The molecule has 4 rings (SSSR count). The Morgan fingerprint density at radius 2 is 1.30 bits per heavy atom. The van der Waals surface area contributed by atoms with Crippen molar-refractivity contribution in [1.29, 1.82) is 0 Å². The predicted molar refractivity (Wildman–Crippen MR) is 119 cm³/mol. The van der Waals surface area contributed by atoms with Crippen LogP contribution in [0.1, 0.15) is 6.92 Å². The fraction of sp³-hybridized carbons (Fsp3) is 0.0833. The summed E-state index contributed by atoms with van der Waals surface area (Å²) in [6.45, 7) is 6.28. The summed E-state index contributed by atoms with van der Waals surface area (Å²) < 4.78 is 9.66. The van der Waals surface area contributed by atoms with E-state index in [-0.39, 0.29) is 15.0 Å². The standard InChI is InChI=1S/C24H22OPSe/c1-3-24(2)23(27-22-17-11-6-12-18-22)19-26(25-24,20-13-7-4-8-14-20)21-15-9-5-10-16-21/h3-19H,1H2,2H3/q+1. The van der Waals surface area contributed by atoms with E-state index in [4.69, 9.17) is 4.52 Å². The first kappa shape index (κ1) is 18.4. The summed E-state index contributed by atoms with van der Waals surface area (Å²) in [6, 6.07) is 32.0. The predicted octanol–water partition coefficient (Wildman–Crippen LogP) is 4.42. The molecule has 1 aliphatic rings. The molecule has 0 fully saturated rings. The average molecular weight is 436 g/mol. The van der Waals surface area contributed by atoms with Gasteiger partial charge in [-0.2, -0.15) is 0 Å². The SMILES string of the molecule is C=CC1(C)O[P+](c2ccccc2)(c2ccccc2)C=C1[Se]c1ccccc1. The van der Waals surface area contributed by atoms with Crippen LogP contribution in [0.5, 0.6) is 0 Å². The molecule has 0 aliphatic carbocycles. The molecule has 1 nitrogen and oxygen atoms in total. The molecule has 0 radical (unpaired) electrons. The third-order valence-electron chi connectivity index (χ3n) is 4.76. The maximum atomic E-state index is 6.96. The van der Waals surface area contributed by atoms with Crippen molar-refractivity contribution in [2.45, 2.75) is 12.5 Å². The van der Waals surface area contributed by atoms with Crippen molar-refractivity contribution in [2.75, 3.05) is 0 Å². The van der Waals surface area contributed by atoms with E-state index in [2.05, 4.69) is 110 Å². The molecule has 1 unspecified atom stereocenters. The monoisotopic (exact) mass is 437 g/mol. The summed E-state index contributed by atoms with van der Waals surface area (Å²) >= 11 is 0.190. The van der Waals surface area contributed by atoms with Crippen molar-refractivity contribution in [3.8, 4) is 0 Å². The second-order valence-corrected chi connectivity index (χ2v) is 11.8. The average Bonchev–Trinajstić information content (AvgIpc) is 3.04. The molecule has 3 aromatic carbocycles. The van der Waals surface area contributed by atoms with Gasteiger partial charge in [-0.1, -0.05) is 0 Å². The summed E-state index contributed by atoms with van der Waals surface area (Å²) in [4.78, 5) is 0. The molecule has 0 saturated carbocycles. The molecule has 1 heterocycles. The van der Waals surface area contributed by atoms with E-state index in [0.29, 0.717) is 0 Å². The van der Waals surface area contributed by atoms with E-state index < -0.39 is 13.1 Å². The second-order valence-electron chi connectivity index (χ2n) is 6.64. The van der Waals surface area contributed by atoms with Gasteiger partial charge in [-0.15, -0.1) is 0 Å². The van der Waals surface area contributed by atoms with Crippen molar-refractivity contribution >= 4 is 37.5 Å². The number of rotatable bonds is 5. The fourth-order valence-electron chi connectivity index (χ4n) is 3.25. The van der Waals surface area contributed by atoms with Crippen LogP contribution < -0.4 is 15.1 Å². The zero-order chi connectivity index (χ0) is 18.7. The van der Waals surface area contributed by atoms with Gasteiger partial charge in [-0.25, -0.2) is 0 Å². The Hall–Kier alpha value is -1.95. The molecule has 0 amide bonds. The van der Waals surface area contributed by atoms with Crippen LogP contribution in [0.25, 0.3) is 0 Å². The fourth-order valence-corrected chi connectivity index (χ4v) is 9.99. The van der Waals surface area contributed by atoms with Gasteiger partial charge >= 0.3 is 169 Å². The minimum absolute atomic E-state index is 0.190. The van der Waals surface area contributed by atoms with Crippen LogP contribution in [0.4, 0.5) is 0 Å². The molecule has 134 valence electrons. The summed E-state index contributed by atoms with van der Waals surface area (Å²) in [5.41, 5.74) is -0.449. The Bertz CT molecular complexity index is 914. The maximum absolute atomic E-state index is 6.96. The zero-order valence-corrected chi connectivity index (χ0v) is 17.9. The molecule has 0 aromatic heterocycles. The normalized spacial score (nSPS) is 20.9. The van der Waals surface area contributed by atoms with Crippen LogP contribution in [0.15, 0.2) is 114 Å². The Labute approximate surface area is 168 Å². The van der Waals surface area contributed by atoms with E-state index in [0.717, 1.165) is 0 Å². The van der Waals surface area contributed by atoms with E-state index in [9.17, 15) is 0 Å². The van der Waals surface area contributed by atoms with Crippen molar-refractivity contribution in [1.82, 2.24) is 0 Å². The van der Waals surface area contributed by atoms with Gasteiger partial charge in [0.05, 0.1) is 0 Å². The van der Waals surface area contributed by atoms with Gasteiger partial charge in [0.15, 0.2) is 0 Å². The Kier molecular flexibility index (Phi) is 5.17. The minimum atomic E-state index is -2.10. The van der Waals surface area contributed by atoms with Crippen LogP contribution in [0.2, 0.25) is 0 Å². The molecule has 27 heavy (non-hydrogen) atoms. The first-order valence-corrected chi connectivity index (χ1v) is 12.5. The number of benzene rings is 3. The Morgan fingerprint density at radius 3 is 1.78 bits per heavy atom. The van der Waals surface area contributed by atoms with Crippen LogP contribution in [-0.4, -0.2) is 20.6 Å². The van der Waals surface area contributed by atoms with Gasteiger partial charge in [-0.05, 0) is 0 Å². The topological polar surface area (TPSA) is 9.23 Å². The summed E-state index contributed by atoms with van der Waals surface area (Å²) in [7, 11) is -2.10. The Balaban J connectivity index is 1.88. The van der Waals surface area contributed by atoms with Crippen LogP contribution in [0.3, 0.4) is 0 Å². The van der Waals surface area contributed by atoms with Gasteiger partial charge in [-0.3, -0.25) is 0 Å². The van der Waals surface area contributed by atoms with Gasteiger partial charge < -0.3 is 0 Å². The number of hydrogen-bond donors (Lipinski definition) is 0. The molecule has 3 heteroatoms. The first-order chi connectivity index (χ1) is 13.2. The van der Waals surface area contributed by atoms with Crippen molar-refractivity contribution in [3.05, 3.63) is 114 Å². The van der Waals surface area contributed by atoms with E-state index in [1.165, 1.54) is 19.5 Å². The molecule has 0 N–H and O–H groups in total. The van der Waals surface area contributed by atoms with Gasteiger partial charge in [0, 0.05) is 0 Å². The zero-order valence-electron chi connectivity index (χ0n) is 15.3. The van der Waals surface area contributed by atoms with Crippen LogP contribution >= 0.6 is 7.49 Å². The van der Waals surface area contributed by atoms with Crippen LogP contribution in [-0.2, 0) is 4.52 Å². The first-order valence-electron chi connectivity index (χ1n) is 8.97. The van der Waals surface area contributed by atoms with Crippen molar-refractivity contribution in [2.24, 2.45) is 0 Å². The molecule has 0 saturated heterocycles. The number of hydrogen-bond acceptors (Lipinski definition) is 1. The van der Waals surface area contributed by atoms with Gasteiger partial charge in [0.2, 0.25) is 0 Å². The quantitative estimate of drug-likeness (QED) is 0.327. The third-order valence-corrected chi connectivity index (χ3v) is 11.2. The molecule has 1 aliphatic heterocycles. The van der Waals surface area contributed by atoms with Crippen LogP contribution in [0, 0.1) is 0 Å². The summed E-state index contributed by atoms with van der Waals surface area (Å²) in [6.07, 6.45) is 1.97. The van der Waals surface area contributed by atoms with Gasteiger partial charge in [0.1, 0.15) is 0 Å². The van der Waals surface area contributed by atoms with E-state index >= 15 is 0 Å². The summed E-state index contributed by atoms with van der Waals surface area (Å²) in [5.74, 6) is 2.44. The third kappa shape index (κ3) is 3.47. The van der Waals surface area contributed by atoms with E-state index in [1.54, 1.807) is 0 Å². The molecule has 3 aromatic rings.